The van der Waals surface area contributed by atoms with Crippen LogP contribution < -0.4 is 5.32 Å². The monoisotopic (exact) mass is 270 g/mol. The van der Waals surface area contributed by atoms with Crippen LogP contribution in [-0.4, -0.2) is 10.9 Å². The van der Waals surface area contributed by atoms with E-state index in [0.29, 0.717) is 5.92 Å². The van der Waals surface area contributed by atoms with E-state index in [1.807, 2.05) is 18.2 Å². The van der Waals surface area contributed by atoms with Crippen LogP contribution in [0.2, 0.25) is 0 Å². The SMILES string of the molecule is CC[C@H](C)[C@@H](NC(C)=O)c1cc(C)c2ccccc2n1. The van der Waals surface area contributed by atoms with Crippen LogP contribution in [0.15, 0.2) is 30.3 Å². The van der Waals surface area contributed by atoms with E-state index in [9.17, 15) is 4.79 Å². The van der Waals surface area contributed by atoms with Crippen molar-refractivity contribution in [1.82, 2.24) is 10.3 Å². The number of hydrogen-bond donors (Lipinski definition) is 1. The van der Waals surface area contributed by atoms with E-state index < -0.39 is 0 Å². The zero-order valence-electron chi connectivity index (χ0n) is 12.6. The molecule has 1 N–H and O–H groups in total. The predicted molar refractivity (Wildman–Crippen MR) is 82.5 cm³/mol. The highest BCUT2D eigenvalue weighted by molar-refractivity contribution is 5.82. The number of carbonyl (C=O) groups is 1. The number of rotatable bonds is 4. The molecule has 1 heterocycles. The lowest BCUT2D eigenvalue weighted by molar-refractivity contribution is -0.120. The summed E-state index contributed by atoms with van der Waals surface area (Å²) in [5.74, 6) is 0.342. The lowest BCUT2D eigenvalue weighted by atomic mass is 9.94. The number of fused-ring (bicyclic) bond motifs is 1. The Labute approximate surface area is 120 Å². The van der Waals surface area contributed by atoms with Crippen LogP contribution in [0.4, 0.5) is 0 Å². The molecule has 3 heteroatoms. The number of para-hydroxylation sites is 1. The first kappa shape index (κ1) is 14.5. The second-order valence-electron chi connectivity index (χ2n) is 5.44. The normalized spacial score (nSPS) is 14.0. The molecular formula is C17H22N2O. The molecule has 2 rings (SSSR count). The second kappa shape index (κ2) is 6.04. The van der Waals surface area contributed by atoms with Gasteiger partial charge in [0, 0.05) is 12.3 Å². The van der Waals surface area contributed by atoms with Gasteiger partial charge in [-0.25, -0.2) is 0 Å². The van der Waals surface area contributed by atoms with Crippen molar-refractivity contribution in [2.75, 3.05) is 0 Å². The van der Waals surface area contributed by atoms with Crippen LogP contribution in [-0.2, 0) is 4.79 Å². The van der Waals surface area contributed by atoms with Crippen molar-refractivity contribution in [1.29, 1.82) is 0 Å². The van der Waals surface area contributed by atoms with E-state index in [2.05, 4.69) is 38.2 Å². The molecule has 0 aliphatic heterocycles. The first-order chi connectivity index (χ1) is 9.52. The lowest BCUT2D eigenvalue weighted by Crippen LogP contribution is -2.31. The van der Waals surface area contributed by atoms with E-state index in [1.165, 1.54) is 10.9 Å². The molecule has 3 nitrogen and oxygen atoms in total. The molecule has 0 aliphatic carbocycles. The zero-order chi connectivity index (χ0) is 14.7. The number of benzene rings is 1. The van der Waals surface area contributed by atoms with E-state index >= 15 is 0 Å². The first-order valence-corrected chi connectivity index (χ1v) is 7.16. The smallest absolute Gasteiger partial charge is 0.217 e. The molecule has 0 unspecified atom stereocenters. The maximum absolute atomic E-state index is 11.5. The van der Waals surface area contributed by atoms with Crippen LogP contribution >= 0.6 is 0 Å². The number of carbonyl (C=O) groups excluding carboxylic acids is 1. The minimum atomic E-state index is -0.0270. The quantitative estimate of drug-likeness (QED) is 0.919. The maximum atomic E-state index is 11.5. The number of nitrogens with zero attached hydrogens (tertiary/aromatic N) is 1. The molecule has 2 atom stereocenters. The van der Waals surface area contributed by atoms with Crippen molar-refractivity contribution < 1.29 is 4.79 Å². The van der Waals surface area contributed by atoms with Crippen molar-refractivity contribution in [2.24, 2.45) is 5.92 Å². The van der Waals surface area contributed by atoms with Crippen molar-refractivity contribution in [2.45, 2.75) is 40.2 Å². The van der Waals surface area contributed by atoms with Gasteiger partial charge in [0.25, 0.3) is 0 Å². The van der Waals surface area contributed by atoms with Crippen molar-refractivity contribution in [3.05, 3.63) is 41.6 Å². The van der Waals surface area contributed by atoms with Gasteiger partial charge >= 0.3 is 0 Å². The molecule has 1 aromatic carbocycles. The van der Waals surface area contributed by atoms with Gasteiger partial charge in [0.2, 0.25) is 5.91 Å². The number of aryl methyl sites for hydroxylation is 1. The lowest BCUT2D eigenvalue weighted by Gasteiger charge is -2.24. The fraction of sp³-hybridized carbons (Fsp3) is 0.412. The average Bonchev–Trinajstić information content (AvgIpc) is 2.43. The molecule has 1 amide bonds. The van der Waals surface area contributed by atoms with E-state index in [-0.39, 0.29) is 11.9 Å². The minimum Gasteiger partial charge on any atom is -0.348 e. The summed E-state index contributed by atoms with van der Waals surface area (Å²) in [4.78, 5) is 16.2. The molecule has 1 aromatic heterocycles. The summed E-state index contributed by atoms with van der Waals surface area (Å²) in [7, 11) is 0. The zero-order valence-corrected chi connectivity index (χ0v) is 12.6. The highest BCUT2D eigenvalue weighted by Crippen LogP contribution is 2.26. The molecule has 0 radical (unpaired) electrons. The topological polar surface area (TPSA) is 42.0 Å². The molecule has 20 heavy (non-hydrogen) atoms. The summed E-state index contributed by atoms with van der Waals surface area (Å²) in [6.07, 6.45) is 0.999. The summed E-state index contributed by atoms with van der Waals surface area (Å²) in [5.41, 5.74) is 3.14. The highest BCUT2D eigenvalue weighted by atomic mass is 16.1. The van der Waals surface area contributed by atoms with Gasteiger partial charge in [-0.3, -0.25) is 9.78 Å². The number of hydrogen-bond acceptors (Lipinski definition) is 2. The molecule has 0 saturated heterocycles. The number of aromatic nitrogens is 1. The van der Waals surface area contributed by atoms with E-state index in [0.717, 1.165) is 17.6 Å². The fourth-order valence-corrected chi connectivity index (χ4v) is 2.50. The molecule has 0 aliphatic rings. The Hall–Kier alpha value is -1.90. The third-order valence-electron chi connectivity index (χ3n) is 3.83. The van der Waals surface area contributed by atoms with Crippen LogP contribution in [0, 0.1) is 12.8 Å². The van der Waals surface area contributed by atoms with Crippen molar-refractivity contribution >= 4 is 16.8 Å². The Bertz CT molecular complexity index is 621. The Kier molecular flexibility index (Phi) is 4.38. The Morgan fingerprint density at radius 3 is 2.70 bits per heavy atom. The molecule has 0 saturated carbocycles. The summed E-state index contributed by atoms with van der Waals surface area (Å²) < 4.78 is 0. The molecule has 2 aromatic rings. The van der Waals surface area contributed by atoms with Gasteiger partial charge in [0.05, 0.1) is 17.3 Å². The van der Waals surface area contributed by atoms with Crippen LogP contribution in [0.1, 0.15) is 44.5 Å². The van der Waals surface area contributed by atoms with Crippen LogP contribution in [0.25, 0.3) is 10.9 Å². The predicted octanol–water partition coefficient (Wildman–Crippen LogP) is 3.77. The Morgan fingerprint density at radius 1 is 1.35 bits per heavy atom. The summed E-state index contributed by atoms with van der Waals surface area (Å²) in [5, 5.41) is 4.21. The average molecular weight is 270 g/mol. The van der Waals surface area contributed by atoms with Crippen molar-refractivity contribution in [3.8, 4) is 0 Å². The first-order valence-electron chi connectivity index (χ1n) is 7.16. The van der Waals surface area contributed by atoms with E-state index in [4.69, 9.17) is 4.98 Å². The third kappa shape index (κ3) is 2.98. The van der Waals surface area contributed by atoms with Crippen LogP contribution in [0.5, 0.6) is 0 Å². The molecule has 0 fully saturated rings. The third-order valence-corrected chi connectivity index (χ3v) is 3.83. The molecule has 0 bridgehead atoms. The second-order valence-corrected chi connectivity index (χ2v) is 5.44. The number of amides is 1. The molecular weight excluding hydrogens is 248 g/mol. The van der Waals surface area contributed by atoms with Gasteiger partial charge in [-0.1, -0.05) is 38.5 Å². The molecule has 0 spiro atoms. The van der Waals surface area contributed by atoms with Gasteiger partial charge in [-0.15, -0.1) is 0 Å². The molecule has 106 valence electrons. The van der Waals surface area contributed by atoms with Crippen LogP contribution in [0.3, 0.4) is 0 Å². The van der Waals surface area contributed by atoms with Gasteiger partial charge in [0.1, 0.15) is 0 Å². The Morgan fingerprint density at radius 2 is 2.05 bits per heavy atom. The van der Waals surface area contributed by atoms with Gasteiger partial charge < -0.3 is 5.32 Å². The fourth-order valence-electron chi connectivity index (χ4n) is 2.50. The number of pyridine rings is 1. The van der Waals surface area contributed by atoms with Gasteiger partial charge in [0.15, 0.2) is 0 Å². The van der Waals surface area contributed by atoms with Gasteiger partial charge in [-0.2, -0.15) is 0 Å². The number of nitrogens with one attached hydrogen (secondary N) is 1. The standard InChI is InChI=1S/C17H22N2O/c1-5-11(2)17(18-13(4)20)16-10-12(3)14-8-6-7-9-15(14)19-16/h6-11,17H,5H2,1-4H3,(H,18,20)/t11-,17+/m0/s1. The minimum absolute atomic E-state index is 0.0112. The van der Waals surface area contributed by atoms with Gasteiger partial charge in [-0.05, 0) is 30.5 Å². The highest BCUT2D eigenvalue weighted by Gasteiger charge is 2.21. The maximum Gasteiger partial charge on any atom is 0.217 e. The van der Waals surface area contributed by atoms with E-state index in [1.54, 1.807) is 6.92 Å². The van der Waals surface area contributed by atoms with Crippen molar-refractivity contribution in [3.63, 3.8) is 0 Å². The summed E-state index contributed by atoms with van der Waals surface area (Å²) in [6.45, 7) is 7.93. The summed E-state index contributed by atoms with van der Waals surface area (Å²) in [6, 6.07) is 10.2. The largest absolute Gasteiger partial charge is 0.348 e. The Balaban J connectivity index is 2.50. The summed E-state index contributed by atoms with van der Waals surface area (Å²) >= 11 is 0.